The van der Waals surface area contributed by atoms with Crippen molar-refractivity contribution in [2.75, 3.05) is 32.8 Å². The number of thiophene rings is 1. The van der Waals surface area contributed by atoms with Crippen LogP contribution in [0.15, 0.2) is 17.5 Å². The highest BCUT2D eigenvalue weighted by atomic mass is 32.1. The Morgan fingerprint density at radius 3 is 3.28 bits per heavy atom. The maximum absolute atomic E-state index is 11.8. The van der Waals surface area contributed by atoms with Gasteiger partial charge in [-0.2, -0.15) is 0 Å². The van der Waals surface area contributed by atoms with Gasteiger partial charge in [0, 0.05) is 18.0 Å². The van der Waals surface area contributed by atoms with Crippen LogP contribution in [0.2, 0.25) is 0 Å². The molecule has 0 radical (unpaired) electrons. The van der Waals surface area contributed by atoms with E-state index in [-0.39, 0.29) is 18.6 Å². The van der Waals surface area contributed by atoms with Gasteiger partial charge in [-0.25, -0.2) is 0 Å². The van der Waals surface area contributed by atoms with Crippen molar-refractivity contribution in [2.45, 2.75) is 12.6 Å². The minimum Gasteiger partial charge on any atom is -0.394 e. The highest BCUT2D eigenvalue weighted by Gasteiger charge is 2.21. The maximum Gasteiger partial charge on any atom is 0.234 e. The van der Waals surface area contributed by atoms with Crippen LogP contribution in [0.3, 0.4) is 0 Å². The molecule has 0 aromatic carbocycles. The minimum atomic E-state index is -0.163. The summed E-state index contributed by atoms with van der Waals surface area (Å²) in [5, 5.41) is 13.9. The summed E-state index contributed by atoms with van der Waals surface area (Å²) in [7, 11) is 0. The van der Waals surface area contributed by atoms with E-state index in [0.717, 1.165) is 11.4 Å². The average Bonchev–Trinajstić information content (AvgIpc) is 2.90. The molecule has 6 heteroatoms. The molecule has 0 aliphatic carbocycles. The molecule has 1 saturated heterocycles. The molecule has 18 heavy (non-hydrogen) atoms. The fourth-order valence-corrected chi connectivity index (χ4v) is 2.54. The molecule has 1 atom stereocenters. The number of rotatable bonds is 5. The van der Waals surface area contributed by atoms with Gasteiger partial charge in [-0.15, -0.1) is 11.3 Å². The van der Waals surface area contributed by atoms with Crippen LogP contribution in [0.25, 0.3) is 0 Å². The summed E-state index contributed by atoms with van der Waals surface area (Å²) in [6.45, 7) is 2.89. The Kier molecular flexibility index (Phi) is 5.12. The van der Waals surface area contributed by atoms with Crippen LogP contribution in [-0.4, -0.2) is 54.9 Å². The van der Waals surface area contributed by atoms with Crippen molar-refractivity contribution in [3.05, 3.63) is 22.4 Å². The summed E-state index contributed by atoms with van der Waals surface area (Å²) in [4.78, 5) is 14.9. The number of morpholine rings is 1. The number of hydrogen-bond acceptors (Lipinski definition) is 5. The molecule has 1 unspecified atom stereocenters. The first-order chi connectivity index (χ1) is 8.78. The van der Waals surface area contributed by atoms with E-state index in [1.165, 1.54) is 0 Å². The lowest BCUT2D eigenvalue weighted by Gasteiger charge is -2.31. The van der Waals surface area contributed by atoms with E-state index in [9.17, 15) is 4.79 Å². The molecule has 2 rings (SSSR count). The SMILES string of the molecule is O=C(CN1CCOC(CO)C1)NCc1cccs1. The predicted molar refractivity (Wildman–Crippen MR) is 69.4 cm³/mol. The van der Waals surface area contributed by atoms with Gasteiger partial charge in [0.15, 0.2) is 0 Å². The van der Waals surface area contributed by atoms with Gasteiger partial charge in [-0.3, -0.25) is 9.69 Å². The zero-order valence-electron chi connectivity index (χ0n) is 10.2. The Morgan fingerprint density at radius 1 is 1.67 bits per heavy atom. The second-order valence-corrected chi connectivity index (χ2v) is 5.30. The van der Waals surface area contributed by atoms with E-state index in [1.54, 1.807) is 11.3 Å². The highest BCUT2D eigenvalue weighted by molar-refractivity contribution is 7.09. The molecule has 0 saturated carbocycles. The van der Waals surface area contributed by atoms with Crippen molar-refractivity contribution in [2.24, 2.45) is 0 Å². The Bertz CT molecular complexity index is 369. The standard InChI is InChI=1S/C12H18N2O3S/c15-9-10-7-14(3-4-17-10)8-12(16)13-6-11-2-1-5-18-11/h1-2,5,10,15H,3-4,6-9H2,(H,13,16). The molecule has 1 amide bonds. The molecule has 5 nitrogen and oxygen atoms in total. The second-order valence-electron chi connectivity index (χ2n) is 4.27. The van der Waals surface area contributed by atoms with E-state index in [2.05, 4.69) is 5.32 Å². The topological polar surface area (TPSA) is 61.8 Å². The van der Waals surface area contributed by atoms with Crippen LogP contribution in [0, 0.1) is 0 Å². The van der Waals surface area contributed by atoms with E-state index in [1.807, 2.05) is 22.4 Å². The number of nitrogens with one attached hydrogen (secondary N) is 1. The highest BCUT2D eigenvalue weighted by Crippen LogP contribution is 2.07. The van der Waals surface area contributed by atoms with Crippen molar-refractivity contribution < 1.29 is 14.6 Å². The normalized spacial score (nSPS) is 20.8. The van der Waals surface area contributed by atoms with E-state index in [4.69, 9.17) is 9.84 Å². The molecule has 0 bridgehead atoms. The molecular weight excluding hydrogens is 252 g/mol. The number of nitrogens with zero attached hydrogens (tertiary/aromatic N) is 1. The van der Waals surface area contributed by atoms with Crippen LogP contribution < -0.4 is 5.32 Å². The number of amides is 1. The maximum atomic E-state index is 11.8. The average molecular weight is 270 g/mol. The molecule has 1 fully saturated rings. The lowest BCUT2D eigenvalue weighted by atomic mass is 10.3. The lowest BCUT2D eigenvalue weighted by Crippen LogP contribution is -2.47. The molecule has 1 aliphatic rings. The van der Waals surface area contributed by atoms with Gasteiger partial charge in [0.2, 0.25) is 5.91 Å². The summed E-state index contributed by atoms with van der Waals surface area (Å²) in [6.07, 6.45) is -0.163. The van der Waals surface area contributed by atoms with Gasteiger partial charge in [0.1, 0.15) is 0 Å². The van der Waals surface area contributed by atoms with Crippen LogP contribution in [0.5, 0.6) is 0 Å². The number of ether oxygens (including phenoxy) is 1. The zero-order chi connectivity index (χ0) is 12.8. The Hall–Kier alpha value is -0.950. The largest absolute Gasteiger partial charge is 0.394 e. The summed E-state index contributed by atoms with van der Waals surface area (Å²) in [6, 6.07) is 3.97. The van der Waals surface area contributed by atoms with Crippen LogP contribution in [-0.2, 0) is 16.1 Å². The third-order valence-electron chi connectivity index (χ3n) is 2.83. The molecule has 2 heterocycles. The molecule has 1 aromatic rings. The van der Waals surface area contributed by atoms with Gasteiger partial charge in [0.05, 0.1) is 32.4 Å². The number of carbonyl (C=O) groups excluding carboxylic acids is 1. The van der Waals surface area contributed by atoms with Gasteiger partial charge in [-0.1, -0.05) is 6.07 Å². The minimum absolute atomic E-state index is 0.00726. The molecule has 2 N–H and O–H groups in total. The Balaban J connectivity index is 1.70. The van der Waals surface area contributed by atoms with Gasteiger partial charge < -0.3 is 15.2 Å². The van der Waals surface area contributed by atoms with Crippen molar-refractivity contribution in [1.82, 2.24) is 10.2 Å². The molecule has 0 spiro atoms. The van der Waals surface area contributed by atoms with E-state index < -0.39 is 0 Å². The molecular formula is C12H18N2O3S. The summed E-state index contributed by atoms with van der Waals surface area (Å²) in [5.41, 5.74) is 0. The van der Waals surface area contributed by atoms with Crippen LogP contribution in [0.4, 0.5) is 0 Å². The summed E-state index contributed by atoms with van der Waals surface area (Å²) < 4.78 is 5.34. The number of aliphatic hydroxyl groups excluding tert-OH is 1. The first kappa shape index (κ1) is 13.5. The zero-order valence-corrected chi connectivity index (χ0v) is 11.0. The van der Waals surface area contributed by atoms with Gasteiger partial charge in [0.25, 0.3) is 0 Å². The Morgan fingerprint density at radius 2 is 2.56 bits per heavy atom. The fraction of sp³-hybridized carbons (Fsp3) is 0.583. The molecule has 1 aromatic heterocycles. The smallest absolute Gasteiger partial charge is 0.234 e. The number of carbonyl (C=O) groups is 1. The lowest BCUT2D eigenvalue weighted by molar-refractivity contribution is -0.125. The third kappa shape index (κ3) is 4.06. The van der Waals surface area contributed by atoms with Crippen molar-refractivity contribution >= 4 is 17.2 Å². The second kappa shape index (κ2) is 6.84. The molecule has 1 aliphatic heterocycles. The number of hydrogen-bond donors (Lipinski definition) is 2. The Labute approximate surface area is 110 Å². The van der Waals surface area contributed by atoms with Crippen LogP contribution in [0.1, 0.15) is 4.88 Å². The van der Waals surface area contributed by atoms with Gasteiger partial charge >= 0.3 is 0 Å². The molecule has 100 valence electrons. The van der Waals surface area contributed by atoms with Crippen LogP contribution >= 0.6 is 11.3 Å². The first-order valence-electron chi connectivity index (χ1n) is 6.02. The summed E-state index contributed by atoms with van der Waals surface area (Å²) in [5.74, 6) is 0.0157. The van der Waals surface area contributed by atoms with E-state index >= 15 is 0 Å². The van der Waals surface area contributed by atoms with E-state index in [0.29, 0.717) is 26.2 Å². The van der Waals surface area contributed by atoms with Crippen molar-refractivity contribution in [3.63, 3.8) is 0 Å². The quantitative estimate of drug-likeness (QED) is 0.794. The van der Waals surface area contributed by atoms with Gasteiger partial charge in [-0.05, 0) is 11.4 Å². The number of aliphatic hydroxyl groups is 1. The predicted octanol–water partition coefficient (Wildman–Crippen LogP) is 0.0574. The fourth-order valence-electron chi connectivity index (χ4n) is 1.89. The first-order valence-corrected chi connectivity index (χ1v) is 6.90. The third-order valence-corrected chi connectivity index (χ3v) is 3.71. The van der Waals surface area contributed by atoms with Crippen molar-refractivity contribution in [1.29, 1.82) is 0 Å². The van der Waals surface area contributed by atoms with Crippen molar-refractivity contribution in [3.8, 4) is 0 Å². The monoisotopic (exact) mass is 270 g/mol. The summed E-state index contributed by atoms with van der Waals surface area (Å²) >= 11 is 1.63.